The van der Waals surface area contributed by atoms with E-state index < -0.39 is 10.7 Å². The highest BCUT2D eigenvalue weighted by Crippen LogP contribution is 2.24. The fourth-order valence-electron chi connectivity index (χ4n) is 2.73. The third-order valence-corrected chi connectivity index (χ3v) is 3.81. The van der Waals surface area contributed by atoms with Crippen molar-refractivity contribution in [3.63, 3.8) is 0 Å². The first-order valence-electron chi connectivity index (χ1n) is 7.36. The van der Waals surface area contributed by atoms with Crippen molar-refractivity contribution >= 4 is 11.4 Å². The predicted octanol–water partition coefficient (Wildman–Crippen LogP) is 2.92. The number of hydrogen-bond acceptors (Lipinski definition) is 4. The van der Waals surface area contributed by atoms with Gasteiger partial charge in [-0.25, -0.2) is 9.37 Å². The van der Waals surface area contributed by atoms with Crippen molar-refractivity contribution in [2.45, 2.75) is 32.2 Å². The molecule has 1 aliphatic heterocycles. The second-order valence-electron chi connectivity index (χ2n) is 5.39. The van der Waals surface area contributed by atoms with Gasteiger partial charge in [-0.3, -0.25) is 10.1 Å². The van der Waals surface area contributed by atoms with Crippen LogP contribution in [0.5, 0.6) is 0 Å². The minimum atomic E-state index is -0.517. The number of rotatable bonds is 5. The molecule has 3 rings (SSSR count). The monoisotopic (exact) mass is 304 g/mol. The van der Waals surface area contributed by atoms with Gasteiger partial charge in [0.05, 0.1) is 10.6 Å². The molecule has 1 aromatic heterocycles. The summed E-state index contributed by atoms with van der Waals surface area (Å²) in [5.41, 5.74) is 1.04. The number of aryl methyl sites for hydroxylation is 2. The molecule has 0 unspecified atom stereocenters. The summed E-state index contributed by atoms with van der Waals surface area (Å²) in [5.74, 6) is 0.614. The fourth-order valence-corrected chi connectivity index (χ4v) is 2.73. The molecule has 0 fully saturated rings. The SMILES string of the molecule is O=[N+]([O-])c1ccc(F)cc1NCCc1cn2c(n1)CCCC2. The van der Waals surface area contributed by atoms with Crippen molar-refractivity contribution in [1.82, 2.24) is 9.55 Å². The normalized spacial score (nSPS) is 13.7. The van der Waals surface area contributed by atoms with E-state index in [9.17, 15) is 14.5 Å². The Kier molecular flexibility index (Phi) is 4.04. The molecule has 2 heterocycles. The summed E-state index contributed by atoms with van der Waals surface area (Å²) in [6.45, 7) is 1.48. The summed E-state index contributed by atoms with van der Waals surface area (Å²) in [5, 5.41) is 13.9. The third-order valence-electron chi connectivity index (χ3n) is 3.81. The quantitative estimate of drug-likeness (QED) is 0.681. The van der Waals surface area contributed by atoms with Crippen LogP contribution in [0.1, 0.15) is 24.4 Å². The van der Waals surface area contributed by atoms with E-state index in [-0.39, 0.29) is 11.4 Å². The molecule has 0 radical (unpaired) electrons. The molecule has 1 N–H and O–H groups in total. The Hall–Kier alpha value is -2.44. The van der Waals surface area contributed by atoms with Crippen LogP contribution in [-0.2, 0) is 19.4 Å². The minimum absolute atomic E-state index is 0.120. The highest BCUT2D eigenvalue weighted by molar-refractivity contribution is 5.61. The lowest BCUT2D eigenvalue weighted by Crippen LogP contribution is -2.08. The Morgan fingerprint density at radius 2 is 2.27 bits per heavy atom. The third kappa shape index (κ3) is 3.08. The van der Waals surface area contributed by atoms with Crippen molar-refractivity contribution in [3.05, 3.63) is 51.8 Å². The smallest absolute Gasteiger partial charge is 0.292 e. The Labute approximate surface area is 127 Å². The minimum Gasteiger partial charge on any atom is -0.379 e. The number of nitrogens with one attached hydrogen (secondary N) is 1. The van der Waals surface area contributed by atoms with E-state index in [1.165, 1.54) is 18.9 Å². The Bertz CT molecular complexity index is 675. The molecule has 0 amide bonds. The second-order valence-corrected chi connectivity index (χ2v) is 5.39. The summed E-state index contributed by atoms with van der Waals surface area (Å²) in [7, 11) is 0. The predicted molar refractivity (Wildman–Crippen MR) is 80.4 cm³/mol. The van der Waals surface area contributed by atoms with Gasteiger partial charge in [-0.15, -0.1) is 0 Å². The summed E-state index contributed by atoms with van der Waals surface area (Å²) in [6, 6.07) is 3.41. The molecule has 2 aromatic rings. The van der Waals surface area contributed by atoms with Crippen LogP contribution in [0, 0.1) is 15.9 Å². The first-order valence-corrected chi connectivity index (χ1v) is 7.36. The maximum atomic E-state index is 13.2. The highest BCUT2D eigenvalue weighted by atomic mass is 19.1. The van der Waals surface area contributed by atoms with Crippen LogP contribution >= 0.6 is 0 Å². The van der Waals surface area contributed by atoms with Crippen LogP contribution in [0.2, 0.25) is 0 Å². The van der Waals surface area contributed by atoms with E-state index in [4.69, 9.17) is 0 Å². The zero-order valence-electron chi connectivity index (χ0n) is 12.1. The van der Waals surface area contributed by atoms with Crippen LogP contribution in [0.4, 0.5) is 15.8 Å². The van der Waals surface area contributed by atoms with Crippen LogP contribution in [0.25, 0.3) is 0 Å². The number of hydrogen-bond donors (Lipinski definition) is 1. The molecule has 1 aliphatic rings. The van der Waals surface area contributed by atoms with Gasteiger partial charge in [0.1, 0.15) is 17.3 Å². The first kappa shape index (κ1) is 14.5. The van der Waals surface area contributed by atoms with Gasteiger partial charge < -0.3 is 9.88 Å². The molecule has 116 valence electrons. The number of nitro groups is 1. The van der Waals surface area contributed by atoms with Gasteiger partial charge in [-0.05, 0) is 18.9 Å². The van der Waals surface area contributed by atoms with E-state index in [0.717, 1.165) is 36.6 Å². The van der Waals surface area contributed by atoms with Crippen molar-refractivity contribution in [3.8, 4) is 0 Å². The molecule has 0 saturated heterocycles. The van der Waals surface area contributed by atoms with Gasteiger partial charge in [0.15, 0.2) is 0 Å². The number of halogens is 1. The molecular weight excluding hydrogens is 287 g/mol. The summed E-state index contributed by atoms with van der Waals surface area (Å²) >= 11 is 0. The molecule has 0 bridgehead atoms. The number of benzene rings is 1. The number of fused-ring (bicyclic) bond motifs is 1. The molecule has 0 aliphatic carbocycles. The van der Waals surface area contributed by atoms with E-state index in [1.54, 1.807) is 0 Å². The molecule has 22 heavy (non-hydrogen) atoms. The Morgan fingerprint density at radius 3 is 3.05 bits per heavy atom. The summed E-state index contributed by atoms with van der Waals surface area (Å²) < 4.78 is 15.4. The average molecular weight is 304 g/mol. The Morgan fingerprint density at radius 1 is 1.41 bits per heavy atom. The van der Waals surface area contributed by atoms with Crippen molar-refractivity contribution in [2.24, 2.45) is 0 Å². The molecule has 6 nitrogen and oxygen atoms in total. The van der Waals surface area contributed by atoms with Gasteiger partial charge in [-0.1, -0.05) is 0 Å². The van der Waals surface area contributed by atoms with E-state index in [2.05, 4.69) is 14.9 Å². The van der Waals surface area contributed by atoms with Gasteiger partial charge in [0, 0.05) is 44.3 Å². The topological polar surface area (TPSA) is 73.0 Å². The lowest BCUT2D eigenvalue weighted by Gasteiger charge is -2.11. The number of nitro benzene ring substituents is 1. The van der Waals surface area contributed by atoms with Crippen molar-refractivity contribution < 1.29 is 9.31 Å². The summed E-state index contributed by atoms with van der Waals surface area (Å²) in [4.78, 5) is 15.0. The van der Waals surface area contributed by atoms with E-state index >= 15 is 0 Å². The van der Waals surface area contributed by atoms with Crippen LogP contribution in [-0.4, -0.2) is 21.0 Å². The van der Waals surface area contributed by atoms with Crippen LogP contribution in [0.15, 0.2) is 24.4 Å². The van der Waals surface area contributed by atoms with Gasteiger partial charge in [-0.2, -0.15) is 0 Å². The van der Waals surface area contributed by atoms with E-state index in [0.29, 0.717) is 13.0 Å². The number of anilines is 1. The van der Waals surface area contributed by atoms with Gasteiger partial charge in [0.25, 0.3) is 5.69 Å². The van der Waals surface area contributed by atoms with Crippen LogP contribution in [0.3, 0.4) is 0 Å². The molecule has 1 aromatic carbocycles. The molecular formula is C15H17FN4O2. The van der Waals surface area contributed by atoms with E-state index in [1.807, 2.05) is 6.20 Å². The van der Waals surface area contributed by atoms with Gasteiger partial charge >= 0.3 is 0 Å². The average Bonchev–Trinajstić information content (AvgIpc) is 2.89. The zero-order valence-corrected chi connectivity index (χ0v) is 12.1. The maximum Gasteiger partial charge on any atom is 0.292 e. The van der Waals surface area contributed by atoms with Gasteiger partial charge in [0.2, 0.25) is 0 Å². The molecule has 0 atom stereocenters. The van der Waals surface area contributed by atoms with Crippen LogP contribution < -0.4 is 5.32 Å². The highest BCUT2D eigenvalue weighted by Gasteiger charge is 2.15. The summed E-state index contributed by atoms with van der Waals surface area (Å²) in [6.07, 6.45) is 6.04. The Balaban J connectivity index is 1.64. The fraction of sp³-hybridized carbons (Fsp3) is 0.400. The zero-order chi connectivity index (χ0) is 15.5. The lowest BCUT2D eigenvalue weighted by molar-refractivity contribution is -0.384. The van der Waals surface area contributed by atoms with Crippen molar-refractivity contribution in [1.29, 1.82) is 0 Å². The number of nitrogens with zero attached hydrogens (tertiary/aromatic N) is 3. The lowest BCUT2D eigenvalue weighted by atomic mass is 10.2. The maximum absolute atomic E-state index is 13.2. The second kappa shape index (κ2) is 6.13. The largest absolute Gasteiger partial charge is 0.379 e. The molecule has 0 saturated carbocycles. The first-order chi connectivity index (χ1) is 10.6. The van der Waals surface area contributed by atoms with Crippen molar-refractivity contribution in [2.75, 3.05) is 11.9 Å². The molecule has 0 spiro atoms. The standard InChI is InChI=1S/C15H17FN4O2/c16-11-4-5-14(20(21)22)13(9-11)17-7-6-12-10-19-8-2-1-3-15(19)18-12/h4-5,9-10,17H,1-3,6-8H2. The number of imidazole rings is 1. The molecule has 7 heteroatoms. The number of aromatic nitrogens is 2.